The second-order valence-electron chi connectivity index (χ2n) is 6.27. The van der Waals surface area contributed by atoms with Crippen molar-refractivity contribution in [2.24, 2.45) is 0 Å². The predicted molar refractivity (Wildman–Crippen MR) is 117 cm³/mol. The Kier molecular flexibility index (Phi) is 6.61. The van der Waals surface area contributed by atoms with Crippen molar-refractivity contribution in [3.8, 4) is 0 Å². The summed E-state index contributed by atoms with van der Waals surface area (Å²) in [6, 6.07) is 7.01. The fourth-order valence-electron chi connectivity index (χ4n) is 3.11. The molecule has 0 amide bonds. The smallest absolute Gasteiger partial charge is 0.337 e. The number of rotatable bonds is 7. The van der Waals surface area contributed by atoms with Gasteiger partial charge in [-0.25, -0.2) is 9.78 Å². The van der Waals surface area contributed by atoms with Gasteiger partial charge in [0, 0.05) is 16.5 Å². The summed E-state index contributed by atoms with van der Waals surface area (Å²) in [5.41, 5.74) is 1.69. The van der Waals surface area contributed by atoms with E-state index in [-0.39, 0.29) is 12.2 Å². The number of H-pyrrole nitrogens is 1. The first-order valence-electron chi connectivity index (χ1n) is 8.85. The molecule has 1 atom stereocenters. The first-order chi connectivity index (χ1) is 14.0. The molecule has 2 heterocycles. The number of fused-ring (bicyclic) bond motifs is 1. The lowest BCUT2D eigenvalue weighted by Gasteiger charge is -2.28. The summed E-state index contributed by atoms with van der Waals surface area (Å²) in [6.45, 7) is 9.08. The fraction of sp³-hybridized carbons (Fsp3) is 0.190. The highest BCUT2D eigenvalue weighted by molar-refractivity contribution is 7.99. The summed E-state index contributed by atoms with van der Waals surface area (Å²) < 4.78 is 5.28. The number of thioether (sulfide) groups is 1. The van der Waals surface area contributed by atoms with Crippen LogP contribution in [0.5, 0.6) is 0 Å². The number of ether oxygens (including phenoxy) is 1. The van der Waals surface area contributed by atoms with Crippen molar-refractivity contribution in [3.63, 3.8) is 0 Å². The van der Waals surface area contributed by atoms with Crippen LogP contribution in [-0.4, -0.2) is 28.3 Å². The van der Waals surface area contributed by atoms with Gasteiger partial charge in [0.15, 0.2) is 5.16 Å². The number of aromatic nitrogens is 2. The van der Waals surface area contributed by atoms with Gasteiger partial charge in [0.25, 0.3) is 5.56 Å². The predicted octanol–water partition coefficient (Wildman–Crippen LogP) is 4.26. The number of hydrogen-bond donors (Lipinski definition) is 2. The third-order valence-electron chi connectivity index (χ3n) is 4.31. The van der Waals surface area contributed by atoms with Gasteiger partial charge in [0.1, 0.15) is 12.4 Å². The Morgan fingerprint density at radius 1 is 1.31 bits per heavy atom. The Hall–Kier alpha value is -2.77. The average molecular weight is 430 g/mol. The highest BCUT2D eigenvalue weighted by Crippen LogP contribution is 2.40. The van der Waals surface area contributed by atoms with Gasteiger partial charge in [-0.15, -0.1) is 6.58 Å². The molecule has 6 nitrogen and oxygen atoms in total. The van der Waals surface area contributed by atoms with Gasteiger partial charge in [-0.1, -0.05) is 54.2 Å². The van der Waals surface area contributed by atoms with E-state index in [1.54, 1.807) is 37.3 Å². The molecule has 0 radical (unpaired) electrons. The maximum absolute atomic E-state index is 13.0. The number of halogens is 1. The molecule has 0 unspecified atom stereocenters. The molecule has 1 aliphatic heterocycles. The first-order valence-corrected chi connectivity index (χ1v) is 10.2. The van der Waals surface area contributed by atoms with Gasteiger partial charge in [-0.05, 0) is 24.6 Å². The zero-order valence-electron chi connectivity index (χ0n) is 15.8. The topological polar surface area (TPSA) is 84.1 Å². The zero-order chi connectivity index (χ0) is 21.0. The average Bonchev–Trinajstić information content (AvgIpc) is 2.70. The molecular formula is C21H20ClN3O3S. The Bertz CT molecular complexity index is 1040. The Labute approximate surface area is 177 Å². The van der Waals surface area contributed by atoms with Crippen LogP contribution in [0.4, 0.5) is 5.82 Å². The van der Waals surface area contributed by atoms with Crippen LogP contribution in [0.2, 0.25) is 5.02 Å². The van der Waals surface area contributed by atoms with Gasteiger partial charge < -0.3 is 15.0 Å². The SMILES string of the molecule is C=CCOC(=O)C1=C(C)Nc2nc(SCC=C)[nH]c(=O)c2[C@H]1c1ccc(Cl)cc1. The summed E-state index contributed by atoms with van der Waals surface area (Å²) in [4.78, 5) is 33.1. The number of hydrogen-bond acceptors (Lipinski definition) is 6. The largest absolute Gasteiger partial charge is 0.458 e. The molecule has 0 saturated heterocycles. The van der Waals surface area contributed by atoms with E-state index in [4.69, 9.17) is 16.3 Å². The number of carbonyl (C=O) groups excluding carboxylic acids is 1. The molecule has 150 valence electrons. The van der Waals surface area contributed by atoms with E-state index in [0.717, 1.165) is 5.56 Å². The normalized spacial score (nSPS) is 15.3. The third-order valence-corrected chi connectivity index (χ3v) is 5.44. The van der Waals surface area contributed by atoms with E-state index in [1.807, 2.05) is 0 Å². The number of nitrogens with one attached hydrogen (secondary N) is 2. The van der Waals surface area contributed by atoms with E-state index >= 15 is 0 Å². The van der Waals surface area contributed by atoms with Crippen LogP contribution in [0.25, 0.3) is 0 Å². The fourth-order valence-corrected chi connectivity index (χ4v) is 3.83. The highest BCUT2D eigenvalue weighted by Gasteiger charge is 2.36. The summed E-state index contributed by atoms with van der Waals surface area (Å²) in [6.07, 6.45) is 3.22. The molecular weight excluding hydrogens is 410 g/mol. The van der Waals surface area contributed by atoms with Gasteiger partial charge in [0.05, 0.1) is 17.1 Å². The summed E-state index contributed by atoms with van der Waals surface area (Å²) >= 11 is 7.39. The van der Waals surface area contributed by atoms with Crippen LogP contribution in [-0.2, 0) is 9.53 Å². The number of esters is 1. The summed E-state index contributed by atoms with van der Waals surface area (Å²) in [7, 11) is 0. The van der Waals surface area contributed by atoms with Gasteiger partial charge in [-0.2, -0.15) is 0 Å². The third kappa shape index (κ3) is 4.46. The summed E-state index contributed by atoms with van der Waals surface area (Å²) in [5.74, 6) is -0.144. The minimum Gasteiger partial charge on any atom is -0.458 e. The Morgan fingerprint density at radius 3 is 2.69 bits per heavy atom. The van der Waals surface area contributed by atoms with Crippen molar-refractivity contribution in [2.75, 3.05) is 17.7 Å². The highest BCUT2D eigenvalue weighted by atomic mass is 35.5. The molecule has 0 fully saturated rings. The molecule has 2 N–H and O–H groups in total. The quantitative estimate of drug-likeness (QED) is 0.296. The van der Waals surface area contributed by atoms with Crippen LogP contribution in [0.1, 0.15) is 24.0 Å². The monoisotopic (exact) mass is 429 g/mol. The Morgan fingerprint density at radius 2 is 2.03 bits per heavy atom. The van der Waals surface area contributed by atoms with Crippen LogP contribution < -0.4 is 10.9 Å². The second-order valence-corrected chi connectivity index (χ2v) is 7.71. The van der Waals surface area contributed by atoms with Crippen LogP contribution in [0, 0.1) is 0 Å². The Balaban J connectivity index is 2.17. The molecule has 3 rings (SSSR count). The van der Waals surface area contributed by atoms with Crippen molar-refractivity contribution in [3.05, 3.63) is 87.3 Å². The van der Waals surface area contributed by atoms with E-state index in [0.29, 0.717) is 38.6 Å². The van der Waals surface area contributed by atoms with Gasteiger partial charge >= 0.3 is 5.97 Å². The molecule has 1 aromatic heterocycles. The van der Waals surface area contributed by atoms with Gasteiger partial charge in [-0.3, -0.25) is 4.79 Å². The second kappa shape index (κ2) is 9.15. The number of anilines is 1. The molecule has 8 heteroatoms. The standard InChI is InChI=1S/C21H20ClN3O3S/c1-4-10-28-20(27)15-12(3)23-18-17(16(15)13-6-8-14(22)9-7-13)19(26)25-21(24-18)29-11-5-2/h4-9,16H,1-2,10-11H2,3H3,(H2,23,24,25,26)/t16-/m0/s1. The van der Waals surface area contributed by atoms with Crippen molar-refractivity contribution in [1.82, 2.24) is 9.97 Å². The number of aromatic amines is 1. The molecule has 1 aromatic carbocycles. The number of carbonyl (C=O) groups is 1. The van der Waals surface area contributed by atoms with Crippen molar-refractivity contribution in [2.45, 2.75) is 18.0 Å². The number of nitrogens with zero attached hydrogens (tertiary/aromatic N) is 1. The van der Waals surface area contributed by atoms with E-state index in [9.17, 15) is 9.59 Å². The van der Waals surface area contributed by atoms with Crippen LogP contribution >= 0.6 is 23.4 Å². The lowest BCUT2D eigenvalue weighted by Crippen LogP contribution is -2.31. The lowest BCUT2D eigenvalue weighted by atomic mass is 9.82. The van der Waals surface area contributed by atoms with Crippen molar-refractivity contribution >= 4 is 35.1 Å². The van der Waals surface area contributed by atoms with E-state index < -0.39 is 11.9 Å². The summed E-state index contributed by atoms with van der Waals surface area (Å²) in [5, 5.41) is 4.12. The lowest BCUT2D eigenvalue weighted by molar-refractivity contribution is -0.138. The molecule has 1 aliphatic rings. The first kappa shape index (κ1) is 21.0. The number of allylic oxidation sites excluding steroid dienone is 1. The minimum absolute atomic E-state index is 0.0710. The molecule has 0 bridgehead atoms. The molecule has 0 aliphatic carbocycles. The minimum atomic E-state index is -0.643. The van der Waals surface area contributed by atoms with Crippen molar-refractivity contribution in [1.29, 1.82) is 0 Å². The van der Waals surface area contributed by atoms with E-state index in [1.165, 1.54) is 17.8 Å². The van der Waals surface area contributed by atoms with Gasteiger partial charge in [0.2, 0.25) is 0 Å². The molecule has 2 aromatic rings. The molecule has 29 heavy (non-hydrogen) atoms. The van der Waals surface area contributed by atoms with Crippen molar-refractivity contribution < 1.29 is 9.53 Å². The molecule has 0 saturated carbocycles. The van der Waals surface area contributed by atoms with Crippen LogP contribution in [0.3, 0.4) is 0 Å². The maximum atomic E-state index is 13.0. The number of benzene rings is 1. The van der Waals surface area contributed by atoms with Crippen LogP contribution in [0.15, 0.2) is 70.8 Å². The zero-order valence-corrected chi connectivity index (χ0v) is 17.4. The maximum Gasteiger partial charge on any atom is 0.337 e. The van der Waals surface area contributed by atoms with E-state index in [2.05, 4.69) is 28.4 Å². The molecule has 0 spiro atoms.